The molecule has 0 aromatic heterocycles. The summed E-state index contributed by atoms with van der Waals surface area (Å²) in [6.07, 6.45) is 3.81. The van der Waals surface area contributed by atoms with Crippen LogP contribution in [0.3, 0.4) is 0 Å². The maximum absolute atomic E-state index is 12.5. The van der Waals surface area contributed by atoms with Crippen molar-refractivity contribution in [3.63, 3.8) is 0 Å². The molecule has 2 N–H and O–H groups in total. The summed E-state index contributed by atoms with van der Waals surface area (Å²) >= 11 is 5.98. The standard InChI is InChI=1S/C25H25ClN2O5/c1-30-21-11-10-16(8-9-17-13-22(31-2)24(33-4)23(14-17)32-3)12-20(21)28-25(29)27-19-7-5-6-18(26)15-19/h5-15H,1-4H3,(H2,27,28,29)/b9-8-. The fraction of sp³-hybridized carbons (Fsp3) is 0.160. The highest BCUT2D eigenvalue weighted by Crippen LogP contribution is 2.38. The van der Waals surface area contributed by atoms with Crippen LogP contribution in [0.1, 0.15) is 11.1 Å². The monoisotopic (exact) mass is 468 g/mol. The molecule has 0 unspecified atom stereocenters. The molecule has 0 aliphatic heterocycles. The maximum atomic E-state index is 12.5. The summed E-state index contributed by atoms with van der Waals surface area (Å²) in [5, 5.41) is 6.09. The van der Waals surface area contributed by atoms with Crippen molar-refractivity contribution in [3.05, 3.63) is 70.7 Å². The maximum Gasteiger partial charge on any atom is 0.323 e. The molecule has 0 bridgehead atoms. The van der Waals surface area contributed by atoms with Crippen LogP contribution in [-0.4, -0.2) is 34.5 Å². The van der Waals surface area contributed by atoms with Gasteiger partial charge in [0, 0.05) is 10.7 Å². The summed E-state index contributed by atoms with van der Waals surface area (Å²) in [6.45, 7) is 0. The molecular weight excluding hydrogens is 444 g/mol. The van der Waals surface area contributed by atoms with Gasteiger partial charge in [-0.3, -0.25) is 0 Å². The first-order chi connectivity index (χ1) is 16.0. The van der Waals surface area contributed by atoms with Crippen LogP contribution in [0, 0.1) is 0 Å². The fourth-order valence-corrected chi connectivity index (χ4v) is 3.36. The molecule has 0 heterocycles. The zero-order valence-corrected chi connectivity index (χ0v) is 19.5. The quantitative estimate of drug-likeness (QED) is 0.385. The van der Waals surface area contributed by atoms with Gasteiger partial charge in [0.2, 0.25) is 5.75 Å². The Labute approximate surface area is 197 Å². The first-order valence-electron chi connectivity index (χ1n) is 9.97. The molecule has 3 aromatic carbocycles. The van der Waals surface area contributed by atoms with Gasteiger partial charge in [0.15, 0.2) is 11.5 Å². The summed E-state index contributed by atoms with van der Waals surface area (Å²) in [6, 6.07) is 15.7. The van der Waals surface area contributed by atoms with Crippen LogP contribution in [0.15, 0.2) is 54.6 Å². The molecule has 0 spiro atoms. The molecule has 2 amide bonds. The van der Waals surface area contributed by atoms with Gasteiger partial charge in [0.1, 0.15) is 5.75 Å². The van der Waals surface area contributed by atoms with Crippen molar-refractivity contribution < 1.29 is 23.7 Å². The summed E-state index contributed by atoms with van der Waals surface area (Å²) in [5.74, 6) is 2.18. The van der Waals surface area contributed by atoms with Crippen molar-refractivity contribution in [3.8, 4) is 23.0 Å². The predicted octanol–water partition coefficient (Wildman–Crippen LogP) is 6.19. The van der Waals surface area contributed by atoms with E-state index in [1.165, 1.54) is 0 Å². The zero-order valence-electron chi connectivity index (χ0n) is 18.8. The molecule has 3 rings (SSSR count). The normalized spacial score (nSPS) is 10.6. The second-order valence-electron chi connectivity index (χ2n) is 6.84. The largest absolute Gasteiger partial charge is 0.495 e. The van der Waals surface area contributed by atoms with Crippen LogP contribution in [0.25, 0.3) is 12.2 Å². The van der Waals surface area contributed by atoms with Crippen molar-refractivity contribution in [2.75, 3.05) is 39.1 Å². The first-order valence-corrected chi connectivity index (χ1v) is 10.3. The Bertz CT molecular complexity index is 1140. The minimum atomic E-state index is -0.415. The smallest absolute Gasteiger partial charge is 0.323 e. The highest BCUT2D eigenvalue weighted by Gasteiger charge is 2.12. The van der Waals surface area contributed by atoms with Gasteiger partial charge in [0.05, 0.1) is 34.1 Å². The second kappa shape index (κ2) is 11.2. The van der Waals surface area contributed by atoms with E-state index in [1.54, 1.807) is 58.8 Å². The second-order valence-corrected chi connectivity index (χ2v) is 7.28. The van der Waals surface area contributed by atoms with Crippen LogP contribution < -0.4 is 29.6 Å². The number of benzene rings is 3. The van der Waals surface area contributed by atoms with Crippen molar-refractivity contribution >= 4 is 41.2 Å². The Hall–Kier alpha value is -3.84. The molecule has 0 aliphatic rings. The fourth-order valence-electron chi connectivity index (χ4n) is 3.17. The van der Waals surface area contributed by atoms with Crippen molar-refractivity contribution in [1.82, 2.24) is 0 Å². The molecule has 0 saturated heterocycles. The summed E-state index contributed by atoms with van der Waals surface area (Å²) < 4.78 is 21.6. The third-order valence-electron chi connectivity index (χ3n) is 4.71. The van der Waals surface area contributed by atoms with E-state index in [-0.39, 0.29) is 0 Å². The molecule has 33 heavy (non-hydrogen) atoms. The van der Waals surface area contributed by atoms with Gasteiger partial charge in [-0.1, -0.05) is 35.9 Å². The van der Waals surface area contributed by atoms with Crippen LogP contribution in [-0.2, 0) is 0 Å². The Morgan fingerprint density at radius 1 is 0.758 bits per heavy atom. The highest BCUT2D eigenvalue weighted by molar-refractivity contribution is 6.30. The number of rotatable bonds is 8. The number of hydrogen-bond donors (Lipinski definition) is 2. The molecule has 0 radical (unpaired) electrons. The van der Waals surface area contributed by atoms with Crippen LogP contribution in [0.2, 0.25) is 5.02 Å². The zero-order chi connectivity index (χ0) is 23.8. The topological polar surface area (TPSA) is 78.1 Å². The number of nitrogens with one attached hydrogen (secondary N) is 2. The lowest BCUT2D eigenvalue weighted by Gasteiger charge is -2.13. The molecule has 3 aromatic rings. The molecular formula is C25H25ClN2O5. The Morgan fingerprint density at radius 2 is 1.42 bits per heavy atom. The van der Waals surface area contributed by atoms with Crippen molar-refractivity contribution in [2.24, 2.45) is 0 Å². The molecule has 8 heteroatoms. The average Bonchev–Trinajstić information content (AvgIpc) is 2.82. The van der Waals surface area contributed by atoms with Crippen LogP contribution in [0.4, 0.5) is 16.2 Å². The number of urea groups is 1. The van der Waals surface area contributed by atoms with E-state index in [0.29, 0.717) is 39.4 Å². The number of anilines is 2. The van der Waals surface area contributed by atoms with Crippen LogP contribution in [0.5, 0.6) is 23.0 Å². The lowest BCUT2D eigenvalue weighted by molar-refractivity contribution is 0.262. The molecule has 0 atom stereocenters. The van der Waals surface area contributed by atoms with Crippen LogP contribution >= 0.6 is 11.6 Å². The first kappa shape index (κ1) is 23.8. The number of carbonyl (C=O) groups excluding carboxylic acids is 1. The lowest BCUT2D eigenvalue weighted by Crippen LogP contribution is -2.19. The Balaban J connectivity index is 1.82. The minimum Gasteiger partial charge on any atom is -0.495 e. The van der Waals surface area contributed by atoms with Gasteiger partial charge in [-0.05, 0) is 53.6 Å². The van der Waals surface area contributed by atoms with E-state index >= 15 is 0 Å². The summed E-state index contributed by atoms with van der Waals surface area (Å²) in [5.41, 5.74) is 2.80. The molecule has 0 fully saturated rings. The number of amides is 2. The molecule has 7 nitrogen and oxygen atoms in total. The van der Waals surface area contributed by atoms with Crippen molar-refractivity contribution in [2.45, 2.75) is 0 Å². The van der Waals surface area contributed by atoms with Gasteiger partial charge in [-0.2, -0.15) is 0 Å². The van der Waals surface area contributed by atoms with Gasteiger partial charge < -0.3 is 29.6 Å². The van der Waals surface area contributed by atoms with Gasteiger partial charge in [0.25, 0.3) is 0 Å². The summed E-state index contributed by atoms with van der Waals surface area (Å²) in [4.78, 5) is 12.5. The third-order valence-corrected chi connectivity index (χ3v) is 4.94. The summed E-state index contributed by atoms with van der Waals surface area (Å²) in [7, 11) is 6.24. The van der Waals surface area contributed by atoms with E-state index in [4.69, 9.17) is 30.5 Å². The lowest BCUT2D eigenvalue weighted by atomic mass is 10.1. The van der Waals surface area contributed by atoms with E-state index in [0.717, 1.165) is 11.1 Å². The number of hydrogen-bond acceptors (Lipinski definition) is 5. The molecule has 0 saturated carbocycles. The number of halogens is 1. The van der Waals surface area contributed by atoms with Crippen molar-refractivity contribution in [1.29, 1.82) is 0 Å². The number of methoxy groups -OCH3 is 4. The molecule has 0 aliphatic carbocycles. The van der Waals surface area contributed by atoms with Gasteiger partial charge in [-0.15, -0.1) is 0 Å². The number of ether oxygens (including phenoxy) is 4. The Kier molecular flexibility index (Phi) is 8.05. The van der Waals surface area contributed by atoms with Gasteiger partial charge in [-0.25, -0.2) is 4.79 Å². The number of carbonyl (C=O) groups is 1. The molecule has 172 valence electrons. The highest BCUT2D eigenvalue weighted by atomic mass is 35.5. The predicted molar refractivity (Wildman–Crippen MR) is 132 cm³/mol. The average molecular weight is 469 g/mol. The van der Waals surface area contributed by atoms with E-state index in [1.807, 2.05) is 36.4 Å². The van der Waals surface area contributed by atoms with E-state index in [2.05, 4.69) is 10.6 Å². The van der Waals surface area contributed by atoms with E-state index < -0.39 is 6.03 Å². The van der Waals surface area contributed by atoms with E-state index in [9.17, 15) is 4.79 Å². The Morgan fingerprint density at radius 3 is 2.03 bits per heavy atom. The third kappa shape index (κ3) is 6.11. The SMILES string of the molecule is COc1ccc(/C=C\c2cc(OC)c(OC)c(OC)c2)cc1NC(=O)Nc1cccc(Cl)c1. The van der Waals surface area contributed by atoms with Gasteiger partial charge >= 0.3 is 6.03 Å². The minimum absolute atomic E-state index is 0.415.